The lowest BCUT2D eigenvalue weighted by molar-refractivity contribution is -0.142. The van der Waals surface area contributed by atoms with Gasteiger partial charge >= 0.3 is 7.82 Å². The van der Waals surface area contributed by atoms with Crippen LogP contribution in [0.5, 0.6) is 0 Å². The predicted molar refractivity (Wildman–Crippen MR) is 73.3 cm³/mol. The first kappa shape index (κ1) is 25.4. The van der Waals surface area contributed by atoms with Gasteiger partial charge in [-0.25, -0.2) is 4.57 Å². The number of carbonyl (C=O) groups excluding carboxylic acids is 2. The van der Waals surface area contributed by atoms with Gasteiger partial charge in [0, 0.05) is 0 Å². The SMILES string of the molecule is O=C(CO)[C@@H](O)[C@H](O)[C@H](O)COP(=O)(O)O.O=C(CO)[C@H](O)CO. The highest BCUT2D eigenvalue weighted by atomic mass is 31.2. The molecule has 4 atom stereocenters. The second kappa shape index (κ2) is 12.5. The third-order valence-corrected chi connectivity index (χ3v) is 2.80. The van der Waals surface area contributed by atoms with Crippen molar-refractivity contribution in [3.05, 3.63) is 0 Å². The van der Waals surface area contributed by atoms with E-state index < -0.39 is 70.2 Å². The summed E-state index contributed by atoms with van der Waals surface area (Å²) in [6, 6.07) is 0. The van der Waals surface area contributed by atoms with E-state index in [1.807, 2.05) is 0 Å². The van der Waals surface area contributed by atoms with Crippen molar-refractivity contribution in [1.82, 2.24) is 0 Å². The number of rotatable bonds is 10. The fraction of sp³-hybridized carbons (Fsp3) is 0.800. The zero-order valence-corrected chi connectivity index (χ0v) is 13.1. The number of aliphatic hydroxyl groups is 7. The van der Waals surface area contributed by atoms with Crippen LogP contribution in [0.25, 0.3) is 0 Å². The fourth-order valence-corrected chi connectivity index (χ4v) is 1.32. The molecule has 144 valence electrons. The topological polar surface area (TPSA) is 243 Å². The predicted octanol–water partition coefficient (Wildman–Crippen LogP) is -5.36. The first-order valence-corrected chi connectivity index (χ1v) is 7.74. The number of carbonyl (C=O) groups is 2. The van der Waals surface area contributed by atoms with E-state index in [1.165, 1.54) is 0 Å². The molecule has 0 radical (unpaired) electrons. The van der Waals surface area contributed by atoms with Crippen LogP contribution in [0.1, 0.15) is 0 Å². The Bertz CT molecular complexity index is 421. The summed E-state index contributed by atoms with van der Waals surface area (Å²) >= 11 is 0. The molecule has 0 unspecified atom stereocenters. The maximum Gasteiger partial charge on any atom is 0.469 e. The summed E-state index contributed by atoms with van der Waals surface area (Å²) in [7, 11) is -4.81. The average molecular weight is 380 g/mol. The second-order valence-corrected chi connectivity index (χ2v) is 5.48. The highest BCUT2D eigenvalue weighted by molar-refractivity contribution is 7.46. The fourth-order valence-electron chi connectivity index (χ4n) is 0.974. The van der Waals surface area contributed by atoms with Gasteiger partial charge in [0.1, 0.15) is 37.6 Å². The number of hydrogen-bond acceptors (Lipinski definition) is 11. The Morgan fingerprint density at radius 1 is 0.917 bits per heavy atom. The van der Waals surface area contributed by atoms with Crippen LogP contribution in [0, 0.1) is 0 Å². The van der Waals surface area contributed by atoms with Crippen LogP contribution in [-0.2, 0) is 18.7 Å². The summed E-state index contributed by atoms with van der Waals surface area (Å²) in [5.74, 6) is -1.89. The molecule has 24 heavy (non-hydrogen) atoms. The molecule has 0 amide bonds. The third kappa shape index (κ3) is 11.7. The van der Waals surface area contributed by atoms with Gasteiger partial charge in [-0.2, -0.15) is 0 Å². The van der Waals surface area contributed by atoms with Gasteiger partial charge in [0.2, 0.25) is 0 Å². The van der Waals surface area contributed by atoms with E-state index in [9.17, 15) is 14.2 Å². The van der Waals surface area contributed by atoms with E-state index in [4.69, 9.17) is 45.5 Å². The van der Waals surface area contributed by atoms with E-state index >= 15 is 0 Å². The molecular formula is C10H21O13P. The van der Waals surface area contributed by atoms with Crippen molar-refractivity contribution in [3.8, 4) is 0 Å². The van der Waals surface area contributed by atoms with E-state index in [0.717, 1.165) is 0 Å². The molecule has 0 aliphatic heterocycles. The van der Waals surface area contributed by atoms with Crippen molar-refractivity contribution >= 4 is 19.4 Å². The minimum absolute atomic E-state index is 0.626. The van der Waals surface area contributed by atoms with Crippen molar-refractivity contribution in [2.75, 3.05) is 26.4 Å². The summed E-state index contributed by atoms with van der Waals surface area (Å²) < 4.78 is 14.1. The Hall–Kier alpha value is -0.830. The van der Waals surface area contributed by atoms with E-state index in [1.54, 1.807) is 0 Å². The monoisotopic (exact) mass is 380 g/mol. The molecule has 0 aromatic rings. The first-order valence-electron chi connectivity index (χ1n) is 6.21. The molecule has 0 aromatic heterocycles. The van der Waals surface area contributed by atoms with Crippen molar-refractivity contribution < 1.29 is 64.2 Å². The van der Waals surface area contributed by atoms with E-state index in [2.05, 4.69) is 4.52 Å². The lowest BCUT2D eigenvalue weighted by atomic mass is 10.1. The Morgan fingerprint density at radius 3 is 1.67 bits per heavy atom. The molecule has 0 rings (SSSR count). The summed E-state index contributed by atoms with van der Waals surface area (Å²) in [6.45, 7) is -3.35. The number of ketones is 2. The van der Waals surface area contributed by atoms with Crippen LogP contribution in [0.3, 0.4) is 0 Å². The Balaban J connectivity index is 0. The van der Waals surface area contributed by atoms with Gasteiger partial charge in [-0.15, -0.1) is 0 Å². The lowest BCUT2D eigenvalue weighted by Crippen LogP contribution is -2.45. The minimum Gasteiger partial charge on any atom is -0.393 e. The van der Waals surface area contributed by atoms with Gasteiger partial charge in [-0.1, -0.05) is 0 Å². The standard InChI is InChI=1S/C6H13O9P.C4H8O4/c7-1-3(8)5(10)6(11)4(9)2-15-16(12,13)14;5-1-3(7)4(8)2-6/h4-7,9-11H,1-2H2,(H2,12,13,14);3,5-7H,1-2H2/t4-,5-,6-;3-/m11/s1. The number of aliphatic hydroxyl groups excluding tert-OH is 7. The lowest BCUT2D eigenvalue weighted by Gasteiger charge is -2.21. The second-order valence-electron chi connectivity index (χ2n) is 4.24. The van der Waals surface area contributed by atoms with Crippen LogP contribution in [0.4, 0.5) is 0 Å². The highest BCUT2D eigenvalue weighted by Gasteiger charge is 2.31. The molecule has 9 N–H and O–H groups in total. The zero-order valence-electron chi connectivity index (χ0n) is 12.2. The van der Waals surface area contributed by atoms with E-state index in [0.29, 0.717) is 0 Å². The molecule has 0 aliphatic carbocycles. The van der Waals surface area contributed by atoms with Crippen LogP contribution < -0.4 is 0 Å². The maximum atomic E-state index is 10.7. The molecule has 14 heteroatoms. The van der Waals surface area contributed by atoms with Crippen molar-refractivity contribution in [2.24, 2.45) is 0 Å². The molecule has 0 aliphatic rings. The number of Topliss-reactive ketones (excluding diaryl/α,β-unsaturated/α-hetero) is 2. The molecule has 13 nitrogen and oxygen atoms in total. The molecule has 0 bridgehead atoms. The minimum atomic E-state index is -4.81. The summed E-state index contributed by atoms with van der Waals surface area (Å²) in [5, 5.41) is 60.0. The zero-order chi connectivity index (χ0) is 19.5. The third-order valence-electron chi connectivity index (χ3n) is 2.32. The van der Waals surface area contributed by atoms with Gasteiger partial charge in [0.15, 0.2) is 11.6 Å². The molecule has 0 spiro atoms. The molecule has 0 heterocycles. The summed E-state index contributed by atoms with van der Waals surface area (Å²) in [5.41, 5.74) is 0. The van der Waals surface area contributed by atoms with Crippen molar-refractivity contribution in [3.63, 3.8) is 0 Å². The van der Waals surface area contributed by atoms with Crippen LogP contribution in [0.15, 0.2) is 0 Å². The maximum absolute atomic E-state index is 10.7. The number of hydrogen-bond donors (Lipinski definition) is 9. The van der Waals surface area contributed by atoms with Gasteiger partial charge < -0.3 is 45.5 Å². The van der Waals surface area contributed by atoms with Crippen LogP contribution in [-0.4, -0.2) is 108 Å². The van der Waals surface area contributed by atoms with Crippen molar-refractivity contribution in [1.29, 1.82) is 0 Å². The van der Waals surface area contributed by atoms with Gasteiger partial charge in [0.05, 0.1) is 13.2 Å². The molecular weight excluding hydrogens is 359 g/mol. The van der Waals surface area contributed by atoms with Gasteiger partial charge in [0.25, 0.3) is 0 Å². The molecule has 0 fully saturated rings. The Labute approximate surface area is 135 Å². The normalized spacial score (nSPS) is 16.4. The van der Waals surface area contributed by atoms with E-state index in [-0.39, 0.29) is 0 Å². The summed E-state index contributed by atoms with van der Waals surface area (Å²) in [4.78, 5) is 37.3. The average Bonchev–Trinajstić information content (AvgIpc) is 2.55. The van der Waals surface area contributed by atoms with Crippen LogP contribution >= 0.6 is 7.82 Å². The summed E-state index contributed by atoms with van der Waals surface area (Å²) in [6.07, 6.45) is -7.36. The Morgan fingerprint density at radius 2 is 1.38 bits per heavy atom. The molecule has 0 saturated heterocycles. The molecule has 0 saturated carbocycles. The van der Waals surface area contributed by atoms with Crippen LogP contribution in [0.2, 0.25) is 0 Å². The number of phosphoric ester groups is 1. The highest BCUT2D eigenvalue weighted by Crippen LogP contribution is 2.35. The Kier molecular flexibility index (Phi) is 13.3. The van der Waals surface area contributed by atoms with Crippen molar-refractivity contribution in [2.45, 2.75) is 24.4 Å². The quantitative estimate of drug-likeness (QED) is 0.161. The van der Waals surface area contributed by atoms with Gasteiger partial charge in [-0.3, -0.25) is 14.1 Å². The smallest absolute Gasteiger partial charge is 0.393 e. The molecule has 0 aromatic carbocycles. The van der Waals surface area contributed by atoms with Gasteiger partial charge in [-0.05, 0) is 0 Å². The first-order chi connectivity index (χ1) is 10.9. The number of phosphoric acid groups is 1. The largest absolute Gasteiger partial charge is 0.469 e.